The molecule has 2 aromatic rings. The lowest BCUT2D eigenvalue weighted by Gasteiger charge is -2.26. The van der Waals surface area contributed by atoms with Crippen LogP contribution in [0.2, 0.25) is 0 Å². The molecule has 0 fully saturated rings. The molecule has 1 unspecified atom stereocenters. The molecule has 2 aliphatic rings. The summed E-state index contributed by atoms with van der Waals surface area (Å²) in [5.74, 6) is -0.213. The summed E-state index contributed by atoms with van der Waals surface area (Å²) in [6.07, 6.45) is 1.88. The number of hydrazone groups is 1. The van der Waals surface area contributed by atoms with Crippen molar-refractivity contribution in [3.8, 4) is 0 Å². The van der Waals surface area contributed by atoms with E-state index in [0.717, 1.165) is 0 Å². The van der Waals surface area contributed by atoms with Gasteiger partial charge in [-0.05, 0) is 29.2 Å². The molecule has 0 saturated carbocycles. The molecule has 1 aromatic heterocycles. The van der Waals surface area contributed by atoms with Crippen LogP contribution in [-0.4, -0.2) is 16.8 Å². The zero-order chi connectivity index (χ0) is 16.8. The molecule has 0 radical (unpaired) electrons. The molecule has 24 heavy (non-hydrogen) atoms. The molecule has 0 spiro atoms. The molecule has 1 amide bonds. The van der Waals surface area contributed by atoms with Crippen LogP contribution in [0.3, 0.4) is 0 Å². The fourth-order valence-electron chi connectivity index (χ4n) is 2.68. The van der Waals surface area contributed by atoms with Crippen molar-refractivity contribution in [2.24, 2.45) is 5.10 Å². The van der Waals surface area contributed by atoms with Gasteiger partial charge in [0, 0.05) is 24.2 Å². The summed E-state index contributed by atoms with van der Waals surface area (Å²) in [6, 6.07) is 6.75. The first-order chi connectivity index (χ1) is 11.5. The van der Waals surface area contributed by atoms with Gasteiger partial charge in [-0.3, -0.25) is 9.42 Å². The number of nitrogens with one attached hydrogen (secondary N) is 2. The third kappa shape index (κ3) is 2.13. The number of anilines is 2. The van der Waals surface area contributed by atoms with Crippen molar-refractivity contribution in [1.82, 2.24) is 5.16 Å². The Kier molecular flexibility index (Phi) is 3.08. The van der Waals surface area contributed by atoms with Crippen molar-refractivity contribution in [3.05, 3.63) is 57.8 Å². The summed E-state index contributed by atoms with van der Waals surface area (Å²) in [7, 11) is 0. The second-order valence-electron chi connectivity index (χ2n) is 5.34. The Morgan fingerprint density at radius 1 is 1.50 bits per heavy atom. The summed E-state index contributed by atoms with van der Waals surface area (Å²) >= 11 is 0. The normalized spacial score (nSPS) is 18.6. The second-order valence-corrected chi connectivity index (χ2v) is 5.34. The number of carbonyl (C=O) groups excluding carboxylic acids is 1. The third-order valence-corrected chi connectivity index (χ3v) is 3.71. The van der Waals surface area contributed by atoms with Crippen LogP contribution in [0.1, 0.15) is 18.3 Å². The van der Waals surface area contributed by atoms with E-state index in [1.54, 1.807) is 30.3 Å². The minimum Gasteiger partial charge on any atom is -0.601 e. The van der Waals surface area contributed by atoms with Crippen molar-refractivity contribution in [3.63, 3.8) is 0 Å². The standard InChI is InChI=1S/C14H12N6O4/c1-8(21)15-9-3-2-4-10(7-9)18-16-13-11(19(18)22)5-6-12-14(13)17-24-20(12)23/h2-5,7,19H,6H2,1H3,(H,15,21). The molecule has 1 atom stereocenters. The van der Waals surface area contributed by atoms with Gasteiger partial charge in [-0.15, -0.1) is 10.2 Å². The van der Waals surface area contributed by atoms with Crippen molar-refractivity contribution in [2.75, 3.05) is 10.4 Å². The Morgan fingerprint density at radius 3 is 3.12 bits per heavy atom. The molecule has 122 valence electrons. The molecule has 1 aliphatic carbocycles. The fourth-order valence-corrected chi connectivity index (χ4v) is 2.68. The van der Waals surface area contributed by atoms with Crippen LogP contribution in [0.4, 0.5) is 11.4 Å². The summed E-state index contributed by atoms with van der Waals surface area (Å²) in [5, 5.41) is 35.6. The van der Waals surface area contributed by atoms with Crippen LogP contribution < -0.4 is 20.5 Å². The van der Waals surface area contributed by atoms with Gasteiger partial charge in [0.15, 0.2) is 5.70 Å². The second kappa shape index (κ2) is 5.15. The number of aromatic nitrogens is 2. The number of fused-ring (bicyclic) bond motifs is 3. The zero-order valence-electron chi connectivity index (χ0n) is 12.5. The molecule has 10 nitrogen and oxygen atoms in total. The lowest BCUT2D eigenvalue weighted by atomic mass is 10.0. The third-order valence-electron chi connectivity index (χ3n) is 3.71. The first-order valence-electron chi connectivity index (χ1n) is 7.15. The van der Waals surface area contributed by atoms with E-state index in [4.69, 9.17) is 0 Å². The average Bonchev–Trinajstić information content (AvgIpc) is 3.08. The highest BCUT2D eigenvalue weighted by Gasteiger charge is 2.41. The lowest BCUT2D eigenvalue weighted by Crippen LogP contribution is -3.11. The smallest absolute Gasteiger partial charge is 0.278 e. The van der Waals surface area contributed by atoms with Crippen LogP contribution in [0.5, 0.6) is 0 Å². The number of rotatable bonds is 2. The summed E-state index contributed by atoms with van der Waals surface area (Å²) in [5.41, 5.74) is 2.33. The van der Waals surface area contributed by atoms with Crippen molar-refractivity contribution >= 4 is 23.0 Å². The highest BCUT2D eigenvalue weighted by Crippen LogP contribution is 2.23. The van der Waals surface area contributed by atoms with E-state index in [-0.39, 0.29) is 23.2 Å². The van der Waals surface area contributed by atoms with Crippen LogP contribution in [-0.2, 0) is 11.2 Å². The maximum atomic E-state index is 12.6. The SMILES string of the molecule is CC(=O)Nc1cccc(N2N=C3C(=CCc4c3no[n+]4[O-])[NH+]2[O-])c1. The van der Waals surface area contributed by atoms with E-state index >= 15 is 0 Å². The van der Waals surface area contributed by atoms with Crippen molar-refractivity contribution < 1.29 is 19.5 Å². The van der Waals surface area contributed by atoms with Crippen molar-refractivity contribution in [1.29, 1.82) is 0 Å². The number of benzene rings is 1. The van der Waals surface area contributed by atoms with Gasteiger partial charge < -0.3 is 15.7 Å². The van der Waals surface area contributed by atoms with Crippen molar-refractivity contribution in [2.45, 2.75) is 13.3 Å². The van der Waals surface area contributed by atoms with Crippen LogP contribution >= 0.6 is 0 Å². The molecule has 2 heterocycles. The van der Waals surface area contributed by atoms with Gasteiger partial charge in [0.2, 0.25) is 17.3 Å². The molecule has 10 heteroatoms. The largest absolute Gasteiger partial charge is 0.601 e. The minimum absolute atomic E-state index is 0.213. The first-order valence-corrected chi connectivity index (χ1v) is 7.15. The number of hydrogen-bond acceptors (Lipinski definition) is 7. The van der Waals surface area contributed by atoms with E-state index < -0.39 is 0 Å². The Bertz CT molecular complexity index is 902. The highest BCUT2D eigenvalue weighted by atomic mass is 16.8. The monoisotopic (exact) mass is 328 g/mol. The first kappa shape index (κ1) is 14.4. The van der Waals surface area contributed by atoms with Gasteiger partial charge in [-0.1, -0.05) is 6.07 Å². The lowest BCUT2D eigenvalue weighted by molar-refractivity contribution is -0.809. The van der Waals surface area contributed by atoms with E-state index in [0.29, 0.717) is 33.4 Å². The number of carbonyl (C=O) groups is 1. The number of hydroxylamine groups is 1. The Balaban J connectivity index is 1.73. The van der Waals surface area contributed by atoms with Crippen LogP contribution in [0.15, 0.2) is 45.8 Å². The van der Waals surface area contributed by atoms with Gasteiger partial charge in [0.1, 0.15) is 5.69 Å². The molecular formula is C14H12N6O4. The highest BCUT2D eigenvalue weighted by molar-refractivity contribution is 6.12. The summed E-state index contributed by atoms with van der Waals surface area (Å²) < 4.78 is 4.58. The predicted octanol–water partition coefficient (Wildman–Crippen LogP) is -0.772. The van der Waals surface area contributed by atoms with E-state index in [1.165, 1.54) is 12.0 Å². The van der Waals surface area contributed by atoms with Gasteiger partial charge in [-0.2, -0.15) is 0 Å². The predicted molar refractivity (Wildman–Crippen MR) is 81.3 cm³/mol. The van der Waals surface area contributed by atoms with E-state index in [1.807, 2.05) is 0 Å². The van der Waals surface area contributed by atoms with Gasteiger partial charge in [-0.25, -0.2) is 5.17 Å². The van der Waals surface area contributed by atoms with Gasteiger partial charge in [0.05, 0.1) is 0 Å². The molecule has 0 bridgehead atoms. The fraction of sp³-hybridized carbons (Fsp3) is 0.143. The van der Waals surface area contributed by atoms with E-state index in [9.17, 15) is 15.2 Å². The van der Waals surface area contributed by atoms with Crippen LogP contribution in [0, 0.1) is 10.4 Å². The Labute approximate surface area is 135 Å². The van der Waals surface area contributed by atoms with E-state index in [2.05, 4.69) is 20.2 Å². The summed E-state index contributed by atoms with van der Waals surface area (Å²) in [6.45, 7) is 1.40. The summed E-state index contributed by atoms with van der Waals surface area (Å²) in [4.78, 5) is 11.5. The Morgan fingerprint density at radius 2 is 2.33 bits per heavy atom. The maximum Gasteiger partial charge on any atom is 0.278 e. The zero-order valence-corrected chi connectivity index (χ0v) is 12.5. The minimum atomic E-state index is -0.323. The molecule has 1 aliphatic heterocycles. The van der Waals surface area contributed by atoms with Gasteiger partial charge >= 0.3 is 0 Å². The van der Waals surface area contributed by atoms with Gasteiger partial charge in [0.25, 0.3) is 5.69 Å². The molecule has 4 rings (SSSR count). The Hall–Kier alpha value is -3.24. The molecular weight excluding hydrogens is 316 g/mol. The number of allylic oxidation sites excluding steroid dienone is 2. The topological polar surface area (TPSA) is 125 Å². The average molecular weight is 328 g/mol. The molecule has 2 N–H and O–H groups in total. The van der Waals surface area contributed by atoms with Crippen LogP contribution in [0.25, 0.3) is 0 Å². The number of hydrogen-bond donors (Lipinski definition) is 2. The quantitative estimate of drug-likeness (QED) is 0.697. The number of amides is 1. The maximum absolute atomic E-state index is 12.6. The molecule has 0 saturated heterocycles. The molecule has 1 aromatic carbocycles. The number of quaternary nitrogens is 1. The number of nitrogens with zero attached hydrogens (tertiary/aromatic N) is 4.